The van der Waals surface area contributed by atoms with Crippen molar-refractivity contribution in [3.63, 3.8) is 0 Å². The van der Waals surface area contributed by atoms with Crippen LogP contribution in [0, 0.1) is 22.2 Å². The monoisotopic (exact) mass is 191 g/mol. The molecule has 0 aliphatic heterocycles. The molecule has 14 heavy (non-hydrogen) atoms. The molecular formula is C12H17NO. The van der Waals surface area contributed by atoms with E-state index in [9.17, 15) is 4.79 Å². The first-order chi connectivity index (χ1) is 6.60. The molecule has 76 valence electrons. The minimum absolute atomic E-state index is 0.166. The Balaban J connectivity index is 2.01. The lowest BCUT2D eigenvalue weighted by Gasteiger charge is -2.51. The summed E-state index contributed by atoms with van der Waals surface area (Å²) < 4.78 is 0. The second-order valence-corrected chi connectivity index (χ2v) is 5.33. The Morgan fingerprint density at radius 2 is 1.93 bits per heavy atom. The molecule has 0 saturated heterocycles. The van der Waals surface area contributed by atoms with E-state index in [0.717, 1.165) is 12.8 Å². The van der Waals surface area contributed by atoms with Gasteiger partial charge in [0, 0.05) is 6.42 Å². The van der Waals surface area contributed by atoms with E-state index >= 15 is 0 Å². The summed E-state index contributed by atoms with van der Waals surface area (Å²) in [6.07, 6.45) is 7.66. The van der Waals surface area contributed by atoms with Crippen LogP contribution in [0.2, 0.25) is 0 Å². The molecule has 2 aliphatic carbocycles. The topological polar surface area (TPSA) is 40.9 Å². The zero-order chi connectivity index (χ0) is 10.2. The number of nitriles is 1. The molecule has 0 atom stereocenters. The molecule has 0 aromatic rings. The van der Waals surface area contributed by atoms with Crippen LogP contribution in [-0.2, 0) is 4.79 Å². The molecule has 2 nitrogen and oxygen atoms in total. The fraction of sp³-hybridized carbons (Fsp3) is 0.833. The highest BCUT2D eigenvalue weighted by Gasteiger charge is 2.55. The minimum atomic E-state index is -0.282. The average molecular weight is 191 g/mol. The maximum absolute atomic E-state index is 11.1. The minimum Gasteiger partial charge on any atom is -0.300 e. The van der Waals surface area contributed by atoms with E-state index in [1.165, 1.54) is 25.7 Å². The van der Waals surface area contributed by atoms with Crippen LogP contribution in [0.5, 0.6) is 0 Å². The molecule has 0 aromatic heterocycles. The third-order valence-corrected chi connectivity index (χ3v) is 3.92. The van der Waals surface area contributed by atoms with E-state index in [4.69, 9.17) is 5.26 Å². The number of nitrogens with zero attached hydrogens (tertiary/aromatic N) is 1. The van der Waals surface area contributed by atoms with Crippen molar-refractivity contribution in [2.45, 2.75) is 51.9 Å². The summed E-state index contributed by atoms with van der Waals surface area (Å²) in [5.74, 6) is 0.166. The number of carbonyl (C=O) groups excluding carboxylic acids is 1. The Morgan fingerprint density at radius 1 is 1.36 bits per heavy atom. The van der Waals surface area contributed by atoms with Gasteiger partial charge in [-0.1, -0.05) is 12.8 Å². The van der Waals surface area contributed by atoms with Crippen LogP contribution >= 0.6 is 0 Å². The smallest absolute Gasteiger partial charge is 0.131 e. The molecule has 0 amide bonds. The number of hydrogen-bond donors (Lipinski definition) is 0. The van der Waals surface area contributed by atoms with Crippen LogP contribution in [0.4, 0.5) is 0 Å². The second-order valence-electron chi connectivity index (χ2n) is 5.33. The Kier molecular flexibility index (Phi) is 2.14. The summed E-state index contributed by atoms with van der Waals surface area (Å²) in [5.41, 5.74) is 0.182. The summed E-state index contributed by atoms with van der Waals surface area (Å²) in [5, 5.41) is 9.13. The largest absolute Gasteiger partial charge is 0.300 e. The first-order valence-electron chi connectivity index (χ1n) is 5.51. The van der Waals surface area contributed by atoms with Crippen molar-refractivity contribution in [1.29, 1.82) is 5.26 Å². The standard InChI is InChI=1S/C12H17NO/c1-10(14)6-12(9-13)7-11(8-12)4-2-3-5-11/h2-8H2,1H3. The van der Waals surface area contributed by atoms with Gasteiger partial charge in [-0.3, -0.25) is 4.79 Å². The summed E-state index contributed by atoms with van der Waals surface area (Å²) in [4.78, 5) is 11.1. The van der Waals surface area contributed by atoms with Gasteiger partial charge in [-0.15, -0.1) is 0 Å². The van der Waals surface area contributed by atoms with Crippen molar-refractivity contribution in [2.24, 2.45) is 10.8 Å². The van der Waals surface area contributed by atoms with Gasteiger partial charge >= 0.3 is 0 Å². The first kappa shape index (κ1) is 9.71. The van der Waals surface area contributed by atoms with Crippen molar-refractivity contribution in [3.8, 4) is 6.07 Å². The normalized spacial score (nSPS) is 26.9. The fourth-order valence-corrected chi connectivity index (χ4v) is 3.58. The van der Waals surface area contributed by atoms with Crippen LogP contribution in [0.1, 0.15) is 51.9 Å². The van der Waals surface area contributed by atoms with Crippen molar-refractivity contribution in [2.75, 3.05) is 0 Å². The lowest BCUT2D eigenvalue weighted by atomic mass is 9.51. The quantitative estimate of drug-likeness (QED) is 0.673. The molecule has 2 rings (SSSR count). The van der Waals surface area contributed by atoms with Gasteiger partial charge in [0.1, 0.15) is 5.78 Å². The summed E-state index contributed by atoms with van der Waals surface area (Å²) in [6.45, 7) is 1.60. The molecule has 0 N–H and O–H groups in total. The van der Waals surface area contributed by atoms with E-state index in [0.29, 0.717) is 11.8 Å². The number of carbonyl (C=O) groups is 1. The first-order valence-corrected chi connectivity index (χ1v) is 5.51. The van der Waals surface area contributed by atoms with Gasteiger partial charge in [0.05, 0.1) is 11.5 Å². The van der Waals surface area contributed by atoms with Crippen LogP contribution in [0.25, 0.3) is 0 Å². The predicted molar refractivity (Wildman–Crippen MR) is 53.5 cm³/mol. The lowest BCUT2D eigenvalue weighted by molar-refractivity contribution is -0.122. The van der Waals surface area contributed by atoms with E-state index in [1.54, 1.807) is 6.92 Å². The van der Waals surface area contributed by atoms with Crippen LogP contribution in [0.15, 0.2) is 0 Å². The Hall–Kier alpha value is -0.840. The fourth-order valence-electron chi connectivity index (χ4n) is 3.58. The number of rotatable bonds is 2. The van der Waals surface area contributed by atoms with Gasteiger partial charge in [0.15, 0.2) is 0 Å². The van der Waals surface area contributed by atoms with E-state index in [-0.39, 0.29) is 11.2 Å². The van der Waals surface area contributed by atoms with Crippen LogP contribution < -0.4 is 0 Å². The molecular weight excluding hydrogens is 174 g/mol. The Bertz CT molecular complexity index is 286. The Morgan fingerprint density at radius 3 is 2.36 bits per heavy atom. The maximum atomic E-state index is 11.1. The molecule has 0 radical (unpaired) electrons. The van der Waals surface area contributed by atoms with Gasteiger partial charge in [-0.2, -0.15) is 5.26 Å². The number of Topliss-reactive ketones (excluding diaryl/α,β-unsaturated/α-hetero) is 1. The predicted octanol–water partition coefficient (Wildman–Crippen LogP) is 2.83. The molecule has 1 spiro atoms. The van der Waals surface area contributed by atoms with Gasteiger partial charge in [-0.25, -0.2) is 0 Å². The molecule has 0 aromatic carbocycles. The van der Waals surface area contributed by atoms with Gasteiger partial charge in [0.25, 0.3) is 0 Å². The molecule has 0 heterocycles. The van der Waals surface area contributed by atoms with Crippen molar-refractivity contribution in [3.05, 3.63) is 0 Å². The van der Waals surface area contributed by atoms with Crippen molar-refractivity contribution < 1.29 is 4.79 Å². The SMILES string of the molecule is CC(=O)CC1(C#N)CC2(CCCC2)C1. The summed E-state index contributed by atoms with van der Waals surface area (Å²) in [7, 11) is 0. The second kappa shape index (κ2) is 3.08. The molecule has 2 saturated carbocycles. The van der Waals surface area contributed by atoms with E-state index < -0.39 is 0 Å². The van der Waals surface area contributed by atoms with Crippen molar-refractivity contribution >= 4 is 5.78 Å². The summed E-state index contributed by atoms with van der Waals surface area (Å²) in [6, 6.07) is 2.38. The number of hydrogen-bond acceptors (Lipinski definition) is 2. The van der Waals surface area contributed by atoms with Crippen molar-refractivity contribution in [1.82, 2.24) is 0 Å². The maximum Gasteiger partial charge on any atom is 0.131 e. The number of ketones is 1. The zero-order valence-electron chi connectivity index (χ0n) is 8.81. The highest BCUT2D eigenvalue weighted by atomic mass is 16.1. The molecule has 2 aliphatic rings. The van der Waals surface area contributed by atoms with Gasteiger partial charge in [0.2, 0.25) is 0 Å². The van der Waals surface area contributed by atoms with Gasteiger partial charge < -0.3 is 0 Å². The molecule has 2 heteroatoms. The zero-order valence-corrected chi connectivity index (χ0v) is 8.81. The third kappa shape index (κ3) is 1.45. The van der Waals surface area contributed by atoms with Crippen LogP contribution in [0.3, 0.4) is 0 Å². The lowest BCUT2D eigenvalue weighted by Crippen LogP contribution is -2.45. The van der Waals surface area contributed by atoms with Crippen LogP contribution in [-0.4, -0.2) is 5.78 Å². The highest BCUT2D eigenvalue weighted by molar-refractivity contribution is 5.77. The molecule has 0 bridgehead atoms. The molecule has 2 fully saturated rings. The molecule has 0 unspecified atom stereocenters. The van der Waals surface area contributed by atoms with Gasteiger partial charge in [-0.05, 0) is 38.0 Å². The van der Waals surface area contributed by atoms with E-state index in [1.807, 2.05) is 0 Å². The Labute approximate surface area is 85.3 Å². The average Bonchev–Trinajstić information content (AvgIpc) is 2.50. The van der Waals surface area contributed by atoms with E-state index in [2.05, 4.69) is 6.07 Å². The third-order valence-electron chi connectivity index (χ3n) is 3.92. The highest BCUT2D eigenvalue weighted by Crippen LogP contribution is 2.63. The summed E-state index contributed by atoms with van der Waals surface area (Å²) >= 11 is 0.